The van der Waals surface area contributed by atoms with Crippen molar-refractivity contribution in [1.29, 1.82) is 0 Å². The number of para-hydroxylation sites is 2. The Bertz CT molecular complexity index is 1370. The van der Waals surface area contributed by atoms with Crippen molar-refractivity contribution in [3.8, 4) is 17.1 Å². The molecule has 30 heavy (non-hydrogen) atoms. The van der Waals surface area contributed by atoms with Crippen LogP contribution >= 0.6 is 0 Å². The minimum absolute atomic E-state index is 0.326. The summed E-state index contributed by atoms with van der Waals surface area (Å²) in [5, 5.41) is 3.62. The lowest BCUT2D eigenvalue weighted by Crippen LogP contribution is -2.13. The summed E-state index contributed by atoms with van der Waals surface area (Å²) >= 11 is 0. The third-order valence-corrected chi connectivity index (χ3v) is 4.94. The summed E-state index contributed by atoms with van der Waals surface area (Å²) in [6, 6.07) is 19.2. The van der Waals surface area contributed by atoms with Gasteiger partial charge in [-0.25, -0.2) is 9.37 Å². The van der Waals surface area contributed by atoms with E-state index in [1.54, 1.807) is 24.3 Å². The molecule has 0 radical (unpaired) electrons. The number of H-pyrrole nitrogens is 2. The lowest BCUT2D eigenvalue weighted by molar-refractivity contribution is 0.102. The first kappa shape index (κ1) is 17.9. The second-order valence-electron chi connectivity index (χ2n) is 6.89. The van der Waals surface area contributed by atoms with E-state index in [-0.39, 0.29) is 11.7 Å². The largest absolute Gasteiger partial charge is 0.495 e. The number of amides is 1. The molecule has 148 valence electrons. The maximum Gasteiger partial charge on any atom is 0.272 e. The lowest BCUT2D eigenvalue weighted by atomic mass is 10.1. The molecule has 0 aliphatic rings. The van der Waals surface area contributed by atoms with E-state index in [4.69, 9.17) is 4.74 Å². The molecular formula is C23H17FN4O2. The summed E-state index contributed by atoms with van der Waals surface area (Å²) in [4.78, 5) is 23.6. The minimum atomic E-state index is -0.364. The Balaban J connectivity index is 1.49. The van der Waals surface area contributed by atoms with Crippen LogP contribution in [0.3, 0.4) is 0 Å². The normalized spacial score (nSPS) is 11.1. The van der Waals surface area contributed by atoms with Crippen molar-refractivity contribution in [2.75, 3.05) is 12.4 Å². The third kappa shape index (κ3) is 3.16. The van der Waals surface area contributed by atoms with Crippen LogP contribution in [0, 0.1) is 5.82 Å². The number of aromatic amines is 2. The van der Waals surface area contributed by atoms with Crippen molar-refractivity contribution < 1.29 is 13.9 Å². The zero-order valence-electron chi connectivity index (χ0n) is 16.0. The van der Waals surface area contributed by atoms with Gasteiger partial charge in [-0.15, -0.1) is 0 Å². The molecule has 0 unspecified atom stereocenters. The molecule has 5 rings (SSSR count). The van der Waals surface area contributed by atoms with Crippen LogP contribution < -0.4 is 10.1 Å². The molecule has 0 aliphatic carbocycles. The van der Waals surface area contributed by atoms with E-state index < -0.39 is 0 Å². The van der Waals surface area contributed by atoms with E-state index in [0.717, 1.165) is 22.0 Å². The highest BCUT2D eigenvalue weighted by atomic mass is 19.1. The number of anilines is 1. The number of imidazole rings is 1. The molecule has 0 spiro atoms. The van der Waals surface area contributed by atoms with Gasteiger partial charge in [-0.1, -0.05) is 12.1 Å². The molecule has 2 aromatic heterocycles. The lowest BCUT2D eigenvalue weighted by Gasteiger charge is -2.11. The number of ether oxygens (including phenoxy) is 1. The molecule has 0 fully saturated rings. The molecule has 3 aromatic carbocycles. The molecule has 0 atom stereocenters. The second kappa shape index (κ2) is 7.04. The highest BCUT2D eigenvalue weighted by molar-refractivity contribution is 6.06. The Morgan fingerprint density at radius 1 is 1.00 bits per heavy atom. The van der Waals surface area contributed by atoms with Gasteiger partial charge >= 0.3 is 0 Å². The van der Waals surface area contributed by atoms with Gasteiger partial charge in [-0.3, -0.25) is 4.79 Å². The molecule has 5 aromatic rings. The third-order valence-electron chi connectivity index (χ3n) is 4.94. The van der Waals surface area contributed by atoms with Gasteiger partial charge in [0.25, 0.3) is 5.91 Å². The van der Waals surface area contributed by atoms with Crippen LogP contribution in [0.2, 0.25) is 0 Å². The van der Waals surface area contributed by atoms with Crippen LogP contribution in [-0.2, 0) is 0 Å². The molecule has 6 nitrogen and oxygen atoms in total. The maximum absolute atomic E-state index is 13.4. The fraction of sp³-hybridized carbons (Fsp3) is 0.0435. The average Bonchev–Trinajstić information content (AvgIpc) is 3.37. The van der Waals surface area contributed by atoms with Gasteiger partial charge < -0.3 is 20.0 Å². The number of hydrogen-bond donors (Lipinski definition) is 3. The predicted octanol–water partition coefficient (Wildman–Crippen LogP) is 5.11. The van der Waals surface area contributed by atoms with Crippen molar-refractivity contribution in [2.24, 2.45) is 0 Å². The number of methoxy groups -OCH3 is 1. The number of benzene rings is 3. The topological polar surface area (TPSA) is 82.8 Å². The summed E-state index contributed by atoms with van der Waals surface area (Å²) in [5.41, 5.74) is 3.99. The summed E-state index contributed by atoms with van der Waals surface area (Å²) in [6.45, 7) is 0. The maximum atomic E-state index is 13.4. The molecule has 0 saturated carbocycles. The summed E-state index contributed by atoms with van der Waals surface area (Å²) in [6.07, 6.45) is 0. The molecule has 7 heteroatoms. The monoisotopic (exact) mass is 400 g/mol. The molecule has 0 aliphatic heterocycles. The van der Waals surface area contributed by atoms with Crippen LogP contribution in [0.25, 0.3) is 33.3 Å². The van der Waals surface area contributed by atoms with E-state index in [1.165, 1.54) is 19.2 Å². The van der Waals surface area contributed by atoms with Crippen LogP contribution in [0.5, 0.6) is 5.75 Å². The van der Waals surface area contributed by atoms with E-state index in [1.807, 2.05) is 30.3 Å². The Kier molecular flexibility index (Phi) is 4.21. The number of aromatic nitrogens is 3. The smallest absolute Gasteiger partial charge is 0.272 e. The number of nitrogens with zero attached hydrogens (tertiary/aromatic N) is 1. The Labute approximate surface area is 170 Å². The predicted molar refractivity (Wildman–Crippen MR) is 114 cm³/mol. The van der Waals surface area contributed by atoms with Crippen molar-refractivity contribution in [2.45, 2.75) is 0 Å². The summed E-state index contributed by atoms with van der Waals surface area (Å²) in [7, 11) is 1.54. The van der Waals surface area contributed by atoms with E-state index in [9.17, 15) is 9.18 Å². The Morgan fingerprint density at radius 3 is 2.70 bits per heavy atom. The minimum Gasteiger partial charge on any atom is -0.495 e. The van der Waals surface area contributed by atoms with E-state index >= 15 is 0 Å². The number of carbonyl (C=O) groups excluding carboxylic acids is 1. The first-order chi connectivity index (χ1) is 14.6. The molecular weight excluding hydrogens is 383 g/mol. The number of nitrogens with one attached hydrogen (secondary N) is 3. The molecule has 2 heterocycles. The van der Waals surface area contributed by atoms with Crippen LogP contribution in [0.4, 0.5) is 10.1 Å². The van der Waals surface area contributed by atoms with Crippen LogP contribution in [0.15, 0.2) is 66.7 Å². The summed E-state index contributed by atoms with van der Waals surface area (Å²) in [5.74, 6) is 0.490. The zero-order chi connectivity index (χ0) is 20.7. The van der Waals surface area contributed by atoms with Gasteiger partial charge in [-0.05, 0) is 54.6 Å². The fourth-order valence-electron chi connectivity index (χ4n) is 3.45. The fourth-order valence-corrected chi connectivity index (χ4v) is 3.45. The van der Waals surface area contributed by atoms with Gasteiger partial charge in [0.15, 0.2) is 0 Å². The number of carbonyl (C=O) groups is 1. The van der Waals surface area contributed by atoms with Crippen molar-refractivity contribution >= 4 is 33.5 Å². The van der Waals surface area contributed by atoms with Gasteiger partial charge in [0.1, 0.15) is 23.1 Å². The number of halogens is 1. The van der Waals surface area contributed by atoms with Gasteiger partial charge in [0.05, 0.1) is 23.8 Å². The number of hydrogen-bond acceptors (Lipinski definition) is 3. The summed E-state index contributed by atoms with van der Waals surface area (Å²) < 4.78 is 18.8. The van der Waals surface area contributed by atoms with Crippen molar-refractivity contribution in [3.05, 3.63) is 78.2 Å². The highest BCUT2D eigenvalue weighted by Crippen LogP contribution is 2.31. The number of rotatable bonds is 4. The molecule has 1 amide bonds. The number of fused-ring (bicyclic) bond motifs is 2. The first-order valence-electron chi connectivity index (χ1n) is 9.33. The standard InChI is InChI=1S/C23H17FN4O2/c1-30-21-9-7-14(22-26-16-4-2-3-5-17(16)27-22)11-19(21)28-23(29)20-10-13-6-8-15(24)12-18(13)25-20/h2-12,25H,1H3,(H,26,27)(H,28,29). The van der Waals surface area contributed by atoms with E-state index in [0.29, 0.717) is 28.5 Å². The Morgan fingerprint density at radius 2 is 1.87 bits per heavy atom. The first-order valence-corrected chi connectivity index (χ1v) is 9.33. The van der Waals surface area contributed by atoms with Crippen molar-refractivity contribution in [3.63, 3.8) is 0 Å². The SMILES string of the molecule is COc1ccc(-c2nc3ccccc3[nH]2)cc1NC(=O)c1cc2ccc(F)cc2[nH]1. The van der Waals surface area contributed by atoms with Gasteiger partial charge in [-0.2, -0.15) is 0 Å². The van der Waals surface area contributed by atoms with Crippen LogP contribution in [-0.4, -0.2) is 28.0 Å². The Hall–Kier alpha value is -4.13. The average molecular weight is 400 g/mol. The van der Waals surface area contributed by atoms with Gasteiger partial charge in [0, 0.05) is 16.5 Å². The van der Waals surface area contributed by atoms with Crippen molar-refractivity contribution in [1.82, 2.24) is 15.0 Å². The molecule has 0 saturated heterocycles. The highest BCUT2D eigenvalue weighted by Gasteiger charge is 2.15. The molecule has 0 bridgehead atoms. The van der Waals surface area contributed by atoms with Crippen LogP contribution in [0.1, 0.15) is 10.5 Å². The quantitative estimate of drug-likeness (QED) is 0.392. The molecule has 3 N–H and O–H groups in total. The zero-order valence-corrected chi connectivity index (χ0v) is 16.0. The van der Waals surface area contributed by atoms with E-state index in [2.05, 4.69) is 20.3 Å². The second-order valence-corrected chi connectivity index (χ2v) is 6.89. The van der Waals surface area contributed by atoms with Gasteiger partial charge in [0.2, 0.25) is 0 Å².